The Morgan fingerprint density at radius 2 is 1.86 bits per heavy atom. The number of methoxy groups -OCH3 is 2. The van der Waals surface area contributed by atoms with E-state index in [4.69, 9.17) is 9.47 Å². The number of nitrogens with one attached hydrogen (secondary N) is 1. The third-order valence-electron chi connectivity index (χ3n) is 4.71. The fourth-order valence-electron chi connectivity index (χ4n) is 3.13. The summed E-state index contributed by atoms with van der Waals surface area (Å²) in [5.74, 6) is 1.53. The number of pyridine rings is 1. The molecule has 0 radical (unpaired) electrons. The summed E-state index contributed by atoms with van der Waals surface area (Å²) >= 11 is 0. The summed E-state index contributed by atoms with van der Waals surface area (Å²) in [6.45, 7) is 1.84. The molecule has 0 saturated heterocycles. The third kappa shape index (κ3) is 3.50. The summed E-state index contributed by atoms with van der Waals surface area (Å²) in [7, 11) is 3.12. The number of fused-ring (bicyclic) bond motifs is 1. The van der Waals surface area contributed by atoms with Crippen LogP contribution in [0, 0.1) is 6.92 Å². The number of carbonyl (C=O) groups is 1. The molecule has 0 spiro atoms. The van der Waals surface area contributed by atoms with Crippen molar-refractivity contribution in [3.8, 4) is 17.3 Å². The predicted octanol–water partition coefficient (Wildman–Crippen LogP) is 4.00. The zero-order valence-electron chi connectivity index (χ0n) is 16.3. The first-order valence-corrected chi connectivity index (χ1v) is 9.05. The molecule has 1 N–H and O–H groups in total. The summed E-state index contributed by atoms with van der Waals surface area (Å²) in [6.07, 6.45) is 1.54. The normalized spacial score (nSPS) is 10.7. The highest BCUT2D eigenvalue weighted by atomic mass is 16.5. The van der Waals surface area contributed by atoms with Crippen molar-refractivity contribution in [1.82, 2.24) is 14.8 Å². The smallest absolute Gasteiger partial charge is 0.259 e. The highest BCUT2D eigenvalue weighted by Crippen LogP contribution is 2.29. The van der Waals surface area contributed by atoms with Crippen molar-refractivity contribution in [2.24, 2.45) is 0 Å². The van der Waals surface area contributed by atoms with Crippen LogP contribution in [0.4, 0.5) is 5.69 Å². The molecule has 0 unspecified atom stereocenters. The van der Waals surface area contributed by atoms with Gasteiger partial charge in [0, 0.05) is 11.5 Å². The van der Waals surface area contributed by atoms with Gasteiger partial charge in [0.05, 0.1) is 42.9 Å². The van der Waals surface area contributed by atoms with Crippen molar-refractivity contribution in [3.63, 3.8) is 0 Å². The molecule has 4 rings (SSSR count). The molecule has 146 valence electrons. The Balaban J connectivity index is 1.63. The Hall–Kier alpha value is -3.87. The lowest BCUT2D eigenvalue weighted by Gasteiger charge is -2.11. The molecule has 1 amide bonds. The van der Waals surface area contributed by atoms with Gasteiger partial charge in [0.15, 0.2) is 5.82 Å². The van der Waals surface area contributed by atoms with Crippen molar-refractivity contribution in [3.05, 3.63) is 72.1 Å². The molecule has 0 saturated carbocycles. The number of nitrogens with zero attached hydrogens (tertiary/aromatic N) is 3. The first-order chi connectivity index (χ1) is 14.1. The van der Waals surface area contributed by atoms with E-state index in [1.807, 2.05) is 43.3 Å². The summed E-state index contributed by atoms with van der Waals surface area (Å²) in [4.78, 5) is 17.5. The molecule has 0 atom stereocenters. The zero-order valence-corrected chi connectivity index (χ0v) is 16.3. The molecule has 2 aromatic carbocycles. The van der Waals surface area contributed by atoms with Crippen LogP contribution in [0.2, 0.25) is 0 Å². The molecular weight excluding hydrogens is 368 g/mol. The third-order valence-corrected chi connectivity index (χ3v) is 4.71. The molecule has 2 heterocycles. The van der Waals surface area contributed by atoms with Crippen molar-refractivity contribution >= 4 is 22.5 Å². The van der Waals surface area contributed by atoms with Crippen molar-refractivity contribution < 1.29 is 14.3 Å². The molecule has 0 aliphatic heterocycles. The van der Waals surface area contributed by atoms with Gasteiger partial charge in [-0.05, 0) is 37.3 Å². The van der Waals surface area contributed by atoms with Crippen LogP contribution >= 0.6 is 0 Å². The van der Waals surface area contributed by atoms with E-state index >= 15 is 0 Å². The lowest BCUT2D eigenvalue weighted by atomic mass is 10.2. The Bertz CT molecular complexity index is 1200. The number of ether oxygens (including phenoxy) is 2. The molecule has 4 aromatic rings. The number of benzene rings is 2. The molecule has 7 nitrogen and oxygen atoms in total. The summed E-state index contributed by atoms with van der Waals surface area (Å²) < 4.78 is 12.2. The maximum atomic E-state index is 12.8. The molecule has 0 fully saturated rings. The van der Waals surface area contributed by atoms with Gasteiger partial charge in [-0.25, -0.2) is 9.67 Å². The first kappa shape index (κ1) is 18.5. The van der Waals surface area contributed by atoms with Crippen molar-refractivity contribution in [2.75, 3.05) is 19.5 Å². The van der Waals surface area contributed by atoms with E-state index in [0.717, 1.165) is 10.9 Å². The van der Waals surface area contributed by atoms with Crippen molar-refractivity contribution in [1.29, 1.82) is 0 Å². The Labute approximate surface area is 167 Å². The Kier molecular flexibility index (Phi) is 4.87. The van der Waals surface area contributed by atoms with Gasteiger partial charge in [0.1, 0.15) is 11.5 Å². The molecule has 0 bridgehead atoms. The molecule has 29 heavy (non-hydrogen) atoms. The summed E-state index contributed by atoms with van der Waals surface area (Å²) in [5.41, 5.74) is 2.57. The number of anilines is 1. The van der Waals surface area contributed by atoms with Gasteiger partial charge in [-0.15, -0.1) is 0 Å². The fourth-order valence-corrected chi connectivity index (χ4v) is 3.13. The minimum absolute atomic E-state index is 0.280. The second kappa shape index (κ2) is 7.63. The average molecular weight is 388 g/mol. The zero-order chi connectivity index (χ0) is 20.4. The average Bonchev–Trinajstić information content (AvgIpc) is 3.15. The SMILES string of the molecule is COc1ccc(NC(=O)c2cnn(-c3ccc4ccccc4n3)c2C)c(OC)c1. The standard InChI is InChI=1S/C22H20N4O3/c1-14-17(22(27)25-19-10-9-16(28-2)12-20(19)29-3)13-23-26(14)21-11-8-15-6-4-5-7-18(15)24-21/h4-13H,1-3H3,(H,25,27). The number of aromatic nitrogens is 3. The Morgan fingerprint density at radius 1 is 1.03 bits per heavy atom. The number of amides is 1. The lowest BCUT2D eigenvalue weighted by Crippen LogP contribution is -2.14. The minimum Gasteiger partial charge on any atom is -0.497 e. The Morgan fingerprint density at radius 3 is 2.66 bits per heavy atom. The van der Waals surface area contributed by atoms with E-state index in [-0.39, 0.29) is 5.91 Å². The summed E-state index contributed by atoms with van der Waals surface area (Å²) in [5, 5.41) is 8.29. The van der Waals surface area contributed by atoms with Crippen LogP contribution in [-0.4, -0.2) is 34.9 Å². The van der Waals surface area contributed by atoms with Crippen LogP contribution < -0.4 is 14.8 Å². The fraction of sp³-hybridized carbons (Fsp3) is 0.136. The van der Waals surface area contributed by atoms with Gasteiger partial charge in [-0.2, -0.15) is 5.10 Å². The van der Waals surface area contributed by atoms with Crippen LogP contribution in [0.5, 0.6) is 11.5 Å². The van der Waals surface area contributed by atoms with Crippen LogP contribution in [0.1, 0.15) is 16.1 Å². The first-order valence-electron chi connectivity index (χ1n) is 9.05. The van der Waals surface area contributed by atoms with Gasteiger partial charge in [-0.1, -0.05) is 18.2 Å². The maximum absolute atomic E-state index is 12.8. The van der Waals surface area contributed by atoms with Crippen LogP contribution in [0.25, 0.3) is 16.7 Å². The van der Waals surface area contributed by atoms with E-state index in [1.54, 1.807) is 37.1 Å². The molecule has 0 aliphatic carbocycles. The van der Waals surface area contributed by atoms with Gasteiger partial charge in [0.2, 0.25) is 0 Å². The van der Waals surface area contributed by atoms with E-state index in [2.05, 4.69) is 15.4 Å². The number of hydrogen-bond acceptors (Lipinski definition) is 5. The van der Waals surface area contributed by atoms with Crippen LogP contribution in [0.15, 0.2) is 60.8 Å². The summed E-state index contributed by atoms with van der Waals surface area (Å²) in [6, 6.07) is 16.9. The van der Waals surface area contributed by atoms with Gasteiger partial charge >= 0.3 is 0 Å². The molecule has 2 aromatic heterocycles. The van der Waals surface area contributed by atoms with E-state index in [0.29, 0.717) is 34.3 Å². The lowest BCUT2D eigenvalue weighted by molar-refractivity contribution is 0.102. The second-order valence-corrected chi connectivity index (χ2v) is 6.44. The quantitative estimate of drug-likeness (QED) is 0.559. The van der Waals surface area contributed by atoms with E-state index < -0.39 is 0 Å². The minimum atomic E-state index is -0.280. The largest absolute Gasteiger partial charge is 0.497 e. The van der Waals surface area contributed by atoms with E-state index in [1.165, 1.54) is 6.20 Å². The monoisotopic (exact) mass is 388 g/mol. The second-order valence-electron chi connectivity index (χ2n) is 6.44. The molecule has 0 aliphatic rings. The number of para-hydroxylation sites is 1. The van der Waals surface area contributed by atoms with Crippen molar-refractivity contribution in [2.45, 2.75) is 6.92 Å². The topological polar surface area (TPSA) is 78.3 Å². The molecular formula is C22H20N4O3. The van der Waals surface area contributed by atoms with Gasteiger partial charge in [-0.3, -0.25) is 4.79 Å². The van der Waals surface area contributed by atoms with Crippen LogP contribution in [-0.2, 0) is 0 Å². The number of hydrogen-bond donors (Lipinski definition) is 1. The molecule has 7 heteroatoms. The number of rotatable bonds is 5. The predicted molar refractivity (Wildman–Crippen MR) is 111 cm³/mol. The maximum Gasteiger partial charge on any atom is 0.259 e. The van der Waals surface area contributed by atoms with Gasteiger partial charge in [0.25, 0.3) is 5.91 Å². The highest BCUT2D eigenvalue weighted by Gasteiger charge is 2.18. The highest BCUT2D eigenvalue weighted by molar-refractivity contribution is 6.05. The van der Waals surface area contributed by atoms with E-state index in [9.17, 15) is 4.79 Å². The number of carbonyl (C=O) groups excluding carboxylic acids is 1. The van der Waals surface area contributed by atoms with Crippen LogP contribution in [0.3, 0.4) is 0 Å². The van der Waals surface area contributed by atoms with Gasteiger partial charge < -0.3 is 14.8 Å².